The summed E-state index contributed by atoms with van der Waals surface area (Å²) < 4.78 is 13.6. The van der Waals surface area contributed by atoms with Crippen molar-refractivity contribution in [1.82, 2.24) is 0 Å². The number of rotatable bonds is 1. The Labute approximate surface area is 97.4 Å². The number of ketones is 1. The Morgan fingerprint density at radius 2 is 2.12 bits per heavy atom. The smallest absolute Gasteiger partial charge is 0.159 e. The lowest BCUT2D eigenvalue weighted by Gasteiger charge is -2.20. The largest absolute Gasteiger partial charge is 0.512 e. The summed E-state index contributed by atoms with van der Waals surface area (Å²) in [5.41, 5.74) is 0.317. The van der Waals surface area contributed by atoms with Crippen LogP contribution in [0.4, 0.5) is 4.39 Å². The predicted octanol–water partition coefficient (Wildman–Crippen LogP) is 3.37. The van der Waals surface area contributed by atoms with Gasteiger partial charge in [-0.15, -0.1) is 0 Å². The highest BCUT2D eigenvalue weighted by atomic mass is 35.5. The summed E-state index contributed by atoms with van der Waals surface area (Å²) in [5, 5.41) is 9.67. The quantitative estimate of drug-likeness (QED) is 0.817. The first-order valence-electron chi connectivity index (χ1n) is 4.94. The Morgan fingerprint density at radius 3 is 2.75 bits per heavy atom. The van der Waals surface area contributed by atoms with Gasteiger partial charge in [0.15, 0.2) is 5.78 Å². The van der Waals surface area contributed by atoms with Gasteiger partial charge in [0, 0.05) is 35.4 Å². The number of carbonyl (C=O) groups excluding carboxylic acids is 1. The summed E-state index contributed by atoms with van der Waals surface area (Å²) in [5.74, 6) is -1.01. The number of benzene rings is 1. The summed E-state index contributed by atoms with van der Waals surface area (Å²) in [6, 6.07) is 4.41. The van der Waals surface area contributed by atoms with E-state index in [0.717, 1.165) is 0 Å². The molecule has 0 fully saturated rings. The van der Waals surface area contributed by atoms with E-state index in [-0.39, 0.29) is 30.3 Å². The molecule has 2 nitrogen and oxygen atoms in total. The van der Waals surface area contributed by atoms with E-state index in [0.29, 0.717) is 10.6 Å². The molecule has 1 atom stereocenters. The number of aliphatic hydroxyl groups is 1. The Kier molecular flexibility index (Phi) is 2.97. The zero-order valence-corrected chi connectivity index (χ0v) is 9.17. The monoisotopic (exact) mass is 240 g/mol. The van der Waals surface area contributed by atoms with Crippen molar-refractivity contribution in [3.63, 3.8) is 0 Å². The standard InChI is InChI=1S/C12H10ClFO2/c13-10-2-1-3-11(14)12(10)7-4-8(15)6-9(16)5-7/h1-3,6-7,15H,4-5H2. The van der Waals surface area contributed by atoms with Crippen molar-refractivity contribution in [3.8, 4) is 0 Å². The van der Waals surface area contributed by atoms with Crippen LogP contribution in [0.3, 0.4) is 0 Å². The van der Waals surface area contributed by atoms with Crippen LogP contribution in [0, 0.1) is 5.82 Å². The molecular formula is C12H10ClFO2. The predicted molar refractivity (Wildman–Crippen MR) is 59.1 cm³/mol. The van der Waals surface area contributed by atoms with Crippen LogP contribution >= 0.6 is 11.6 Å². The molecule has 0 saturated heterocycles. The molecule has 0 spiro atoms. The third-order valence-corrected chi connectivity index (χ3v) is 2.97. The van der Waals surface area contributed by atoms with E-state index in [4.69, 9.17) is 11.6 Å². The molecule has 84 valence electrons. The zero-order chi connectivity index (χ0) is 11.7. The second-order valence-corrected chi connectivity index (χ2v) is 4.25. The summed E-state index contributed by atoms with van der Waals surface area (Å²) in [7, 11) is 0. The van der Waals surface area contributed by atoms with Gasteiger partial charge in [-0.05, 0) is 12.1 Å². The van der Waals surface area contributed by atoms with E-state index in [1.165, 1.54) is 18.2 Å². The Morgan fingerprint density at radius 1 is 1.38 bits per heavy atom. The van der Waals surface area contributed by atoms with Gasteiger partial charge < -0.3 is 5.11 Å². The molecular weight excluding hydrogens is 231 g/mol. The Balaban J connectivity index is 2.39. The number of carbonyl (C=O) groups is 1. The maximum atomic E-state index is 13.6. The lowest BCUT2D eigenvalue weighted by Crippen LogP contribution is -2.14. The van der Waals surface area contributed by atoms with Gasteiger partial charge in [0.25, 0.3) is 0 Å². The molecule has 0 aliphatic heterocycles. The normalized spacial score (nSPS) is 20.8. The number of halogens is 2. The van der Waals surface area contributed by atoms with Crippen LogP contribution in [-0.4, -0.2) is 10.9 Å². The van der Waals surface area contributed by atoms with Crippen molar-refractivity contribution < 1.29 is 14.3 Å². The zero-order valence-electron chi connectivity index (χ0n) is 8.41. The number of hydrogen-bond donors (Lipinski definition) is 1. The van der Waals surface area contributed by atoms with Crippen LogP contribution in [0.2, 0.25) is 5.02 Å². The van der Waals surface area contributed by atoms with Gasteiger partial charge in [-0.2, -0.15) is 0 Å². The lowest BCUT2D eigenvalue weighted by atomic mass is 9.86. The molecule has 4 heteroatoms. The van der Waals surface area contributed by atoms with Crippen molar-refractivity contribution in [3.05, 3.63) is 46.4 Å². The first kappa shape index (κ1) is 11.1. The summed E-state index contributed by atoms with van der Waals surface area (Å²) >= 11 is 5.91. The SMILES string of the molecule is O=C1C=C(O)CC(c2c(F)cccc2Cl)C1. The van der Waals surface area contributed by atoms with Crippen LogP contribution < -0.4 is 0 Å². The molecule has 1 N–H and O–H groups in total. The molecule has 1 aromatic rings. The van der Waals surface area contributed by atoms with E-state index < -0.39 is 5.82 Å². The highest BCUT2D eigenvalue weighted by Gasteiger charge is 2.26. The van der Waals surface area contributed by atoms with E-state index in [2.05, 4.69) is 0 Å². The van der Waals surface area contributed by atoms with Crippen molar-refractivity contribution in [2.45, 2.75) is 18.8 Å². The second kappa shape index (κ2) is 4.26. The van der Waals surface area contributed by atoms with Crippen molar-refractivity contribution in [2.75, 3.05) is 0 Å². The molecule has 0 radical (unpaired) electrons. The highest BCUT2D eigenvalue weighted by molar-refractivity contribution is 6.31. The minimum absolute atomic E-state index is 0.0134. The van der Waals surface area contributed by atoms with Crippen LogP contribution in [0.5, 0.6) is 0 Å². The highest BCUT2D eigenvalue weighted by Crippen LogP contribution is 2.36. The number of hydrogen-bond acceptors (Lipinski definition) is 2. The summed E-state index contributed by atoms with van der Waals surface area (Å²) in [6.45, 7) is 0. The molecule has 1 unspecified atom stereocenters. The van der Waals surface area contributed by atoms with Gasteiger partial charge in [-0.3, -0.25) is 4.79 Å². The molecule has 0 bridgehead atoms. The topological polar surface area (TPSA) is 37.3 Å². The molecule has 0 aromatic heterocycles. The average Bonchev–Trinajstić information content (AvgIpc) is 2.15. The third-order valence-electron chi connectivity index (χ3n) is 2.64. The molecule has 0 saturated carbocycles. The van der Waals surface area contributed by atoms with Gasteiger partial charge >= 0.3 is 0 Å². The van der Waals surface area contributed by atoms with Gasteiger partial charge in [-0.1, -0.05) is 17.7 Å². The molecule has 0 heterocycles. The van der Waals surface area contributed by atoms with Crippen molar-refractivity contribution >= 4 is 17.4 Å². The fourth-order valence-corrected chi connectivity index (χ4v) is 2.29. The van der Waals surface area contributed by atoms with Gasteiger partial charge in [-0.25, -0.2) is 4.39 Å². The maximum Gasteiger partial charge on any atom is 0.159 e. The van der Waals surface area contributed by atoms with Crippen molar-refractivity contribution in [1.29, 1.82) is 0 Å². The van der Waals surface area contributed by atoms with Crippen molar-refractivity contribution in [2.24, 2.45) is 0 Å². The molecule has 1 aromatic carbocycles. The third kappa shape index (κ3) is 2.09. The molecule has 16 heavy (non-hydrogen) atoms. The average molecular weight is 241 g/mol. The minimum Gasteiger partial charge on any atom is -0.512 e. The first-order valence-corrected chi connectivity index (χ1v) is 5.32. The summed E-state index contributed by atoms with van der Waals surface area (Å²) in [4.78, 5) is 11.3. The first-order chi connectivity index (χ1) is 7.58. The van der Waals surface area contributed by atoms with Crippen LogP contribution in [0.1, 0.15) is 24.3 Å². The Hall–Kier alpha value is -1.35. The van der Waals surface area contributed by atoms with Crippen LogP contribution in [-0.2, 0) is 4.79 Å². The van der Waals surface area contributed by atoms with E-state index in [1.54, 1.807) is 6.07 Å². The fraction of sp³-hybridized carbons (Fsp3) is 0.250. The molecule has 2 rings (SSSR count). The van der Waals surface area contributed by atoms with Gasteiger partial charge in [0.05, 0.1) is 5.76 Å². The lowest BCUT2D eigenvalue weighted by molar-refractivity contribution is -0.115. The van der Waals surface area contributed by atoms with Crippen LogP contribution in [0.15, 0.2) is 30.0 Å². The van der Waals surface area contributed by atoms with Gasteiger partial charge in [0.2, 0.25) is 0 Å². The van der Waals surface area contributed by atoms with Gasteiger partial charge in [0.1, 0.15) is 5.82 Å². The molecule has 0 amide bonds. The molecule has 1 aliphatic carbocycles. The number of allylic oxidation sites excluding steroid dienone is 2. The van der Waals surface area contributed by atoms with Crippen LogP contribution in [0.25, 0.3) is 0 Å². The summed E-state index contributed by atoms with van der Waals surface area (Å²) in [6.07, 6.45) is 1.63. The Bertz CT molecular complexity index is 448. The second-order valence-electron chi connectivity index (χ2n) is 3.84. The van der Waals surface area contributed by atoms with E-state index in [1.807, 2.05) is 0 Å². The molecule has 1 aliphatic rings. The minimum atomic E-state index is -0.431. The van der Waals surface area contributed by atoms with E-state index in [9.17, 15) is 14.3 Å². The maximum absolute atomic E-state index is 13.6. The fourth-order valence-electron chi connectivity index (χ4n) is 1.98. The number of aliphatic hydroxyl groups excluding tert-OH is 1. The van der Waals surface area contributed by atoms with E-state index >= 15 is 0 Å².